The lowest BCUT2D eigenvalue weighted by Crippen LogP contribution is -3.08. The number of hydrogen-bond acceptors (Lipinski definition) is 2. The molecule has 0 radical (unpaired) electrons. The summed E-state index contributed by atoms with van der Waals surface area (Å²) in [5.41, 5.74) is 0. The molecule has 0 rings (SSSR count). The maximum absolute atomic E-state index is 10.2. The van der Waals surface area contributed by atoms with E-state index in [0.29, 0.717) is 6.42 Å². The Labute approximate surface area is 55.1 Å². The lowest BCUT2D eigenvalue weighted by Gasteiger charge is -2.18. The van der Waals surface area contributed by atoms with Crippen LogP contribution in [0.1, 0.15) is 20.3 Å². The molecule has 3 nitrogen and oxygen atoms in total. The van der Waals surface area contributed by atoms with E-state index >= 15 is 0 Å². The Morgan fingerprint density at radius 3 is 2.67 bits per heavy atom. The zero-order valence-electron chi connectivity index (χ0n) is 5.79. The highest BCUT2D eigenvalue weighted by molar-refractivity contribution is 4.78. The Kier molecular flexibility index (Phi) is 4.30. The van der Waals surface area contributed by atoms with Crippen molar-refractivity contribution in [1.82, 2.24) is 0 Å². The highest BCUT2D eigenvalue weighted by Crippen LogP contribution is 1.85. The molecular weight excluding hydrogens is 118 g/mol. The van der Waals surface area contributed by atoms with E-state index in [9.17, 15) is 5.21 Å². The molecule has 0 aromatic rings. The fourth-order valence-corrected chi connectivity index (χ4v) is 0.441. The zero-order chi connectivity index (χ0) is 7.28. The Balaban J connectivity index is 3.38. The van der Waals surface area contributed by atoms with Gasteiger partial charge >= 0.3 is 0 Å². The molecule has 9 heavy (non-hydrogen) atoms. The smallest absolute Gasteiger partial charge is 0.117 e. The van der Waals surface area contributed by atoms with E-state index in [2.05, 4.69) is 0 Å². The van der Waals surface area contributed by atoms with Gasteiger partial charge in [0.05, 0.1) is 0 Å². The van der Waals surface area contributed by atoms with Gasteiger partial charge in [0.2, 0.25) is 0 Å². The number of quaternary nitrogens is 1. The highest BCUT2D eigenvalue weighted by atomic mass is 16.8. The minimum atomic E-state index is -0.729. The molecule has 0 aliphatic carbocycles. The van der Waals surface area contributed by atoms with Crippen LogP contribution in [-0.2, 0) is 0 Å². The van der Waals surface area contributed by atoms with Gasteiger partial charge in [0.25, 0.3) is 0 Å². The van der Waals surface area contributed by atoms with Crippen molar-refractivity contribution in [3.05, 3.63) is 17.4 Å². The minimum Gasteiger partial charge on any atom is -0.600 e. The van der Waals surface area contributed by atoms with Crippen LogP contribution in [0.4, 0.5) is 0 Å². The SMILES string of the molecule is C/C=C\CC(C)[NH+]([O-])O. The van der Waals surface area contributed by atoms with Crippen molar-refractivity contribution < 1.29 is 10.4 Å². The topological polar surface area (TPSA) is 47.7 Å². The van der Waals surface area contributed by atoms with Gasteiger partial charge in [-0.25, -0.2) is 10.4 Å². The van der Waals surface area contributed by atoms with E-state index in [1.165, 1.54) is 0 Å². The summed E-state index contributed by atoms with van der Waals surface area (Å²) in [5.74, 6) is 0. The van der Waals surface area contributed by atoms with E-state index < -0.39 is 5.23 Å². The molecular formula is C6H13NO2. The fraction of sp³-hybridized carbons (Fsp3) is 0.667. The number of hydrogen-bond donors (Lipinski definition) is 2. The molecule has 2 unspecified atom stereocenters. The standard InChI is InChI=1S/C6H13NO2/c1-3-4-5-6(2)7(8)9/h3-4,6-8H,5H2,1-2H3/b4-3-. The van der Waals surface area contributed by atoms with Crippen LogP contribution in [0.3, 0.4) is 0 Å². The zero-order valence-corrected chi connectivity index (χ0v) is 5.79. The van der Waals surface area contributed by atoms with Gasteiger partial charge in [0.15, 0.2) is 0 Å². The summed E-state index contributed by atoms with van der Waals surface area (Å²) in [6.07, 6.45) is 4.35. The third-order valence-electron chi connectivity index (χ3n) is 1.15. The number of hydroxylamine groups is 2. The van der Waals surface area contributed by atoms with Crippen LogP contribution in [0.5, 0.6) is 0 Å². The molecule has 0 saturated carbocycles. The minimum absolute atomic E-state index is 0.249. The Morgan fingerprint density at radius 1 is 1.78 bits per heavy atom. The fourth-order valence-electron chi connectivity index (χ4n) is 0.441. The molecule has 0 heterocycles. The Bertz CT molecular complexity index is 91.1. The maximum atomic E-state index is 10.2. The molecule has 3 heteroatoms. The third-order valence-corrected chi connectivity index (χ3v) is 1.15. The van der Waals surface area contributed by atoms with E-state index in [1.807, 2.05) is 19.1 Å². The summed E-state index contributed by atoms with van der Waals surface area (Å²) in [7, 11) is 0. The van der Waals surface area contributed by atoms with Crippen molar-refractivity contribution in [2.45, 2.75) is 26.3 Å². The van der Waals surface area contributed by atoms with Crippen LogP contribution >= 0.6 is 0 Å². The van der Waals surface area contributed by atoms with Crippen LogP contribution in [0.2, 0.25) is 0 Å². The van der Waals surface area contributed by atoms with Crippen molar-refractivity contribution in [1.29, 1.82) is 0 Å². The number of allylic oxidation sites excluding steroid dienone is 1. The molecule has 0 fully saturated rings. The molecule has 54 valence electrons. The molecule has 2 atom stereocenters. The van der Waals surface area contributed by atoms with Crippen molar-refractivity contribution in [2.75, 3.05) is 0 Å². The van der Waals surface area contributed by atoms with Crippen LogP contribution in [0.15, 0.2) is 12.2 Å². The molecule has 0 saturated heterocycles. The summed E-state index contributed by atoms with van der Waals surface area (Å²) in [6.45, 7) is 3.58. The second-order valence-electron chi connectivity index (χ2n) is 2.04. The van der Waals surface area contributed by atoms with Crippen molar-refractivity contribution in [3.63, 3.8) is 0 Å². The van der Waals surface area contributed by atoms with Gasteiger partial charge in [-0.15, -0.1) is 0 Å². The molecule has 2 N–H and O–H groups in total. The Morgan fingerprint density at radius 2 is 2.33 bits per heavy atom. The lowest BCUT2D eigenvalue weighted by molar-refractivity contribution is -1.07. The molecule has 0 aliphatic rings. The van der Waals surface area contributed by atoms with Crippen LogP contribution < -0.4 is 5.23 Å². The first-order valence-corrected chi connectivity index (χ1v) is 3.02. The van der Waals surface area contributed by atoms with Crippen molar-refractivity contribution in [3.8, 4) is 0 Å². The van der Waals surface area contributed by atoms with Gasteiger partial charge in [0.1, 0.15) is 6.04 Å². The molecule has 0 bridgehead atoms. The first kappa shape index (κ1) is 8.62. The third kappa shape index (κ3) is 4.14. The summed E-state index contributed by atoms with van der Waals surface area (Å²) >= 11 is 0. The highest BCUT2D eigenvalue weighted by Gasteiger charge is 2.02. The maximum Gasteiger partial charge on any atom is 0.117 e. The van der Waals surface area contributed by atoms with Crippen LogP contribution in [0.25, 0.3) is 0 Å². The van der Waals surface area contributed by atoms with Gasteiger partial charge in [-0.3, -0.25) is 0 Å². The van der Waals surface area contributed by atoms with E-state index in [1.54, 1.807) is 6.92 Å². The lowest BCUT2D eigenvalue weighted by atomic mass is 10.2. The summed E-state index contributed by atoms with van der Waals surface area (Å²) in [6, 6.07) is -0.249. The van der Waals surface area contributed by atoms with E-state index in [4.69, 9.17) is 5.21 Å². The molecule has 0 aromatic heterocycles. The molecule has 0 aliphatic heterocycles. The normalized spacial score (nSPS) is 18.2. The first-order chi connectivity index (χ1) is 4.18. The largest absolute Gasteiger partial charge is 0.600 e. The average molecular weight is 131 g/mol. The molecule has 0 aromatic carbocycles. The predicted molar refractivity (Wildman–Crippen MR) is 35.0 cm³/mol. The monoisotopic (exact) mass is 131 g/mol. The van der Waals surface area contributed by atoms with Crippen LogP contribution in [-0.4, -0.2) is 11.2 Å². The predicted octanol–water partition coefficient (Wildman–Crippen LogP) is 0.113. The van der Waals surface area contributed by atoms with Gasteiger partial charge in [-0.05, 0) is 13.8 Å². The van der Waals surface area contributed by atoms with Crippen LogP contribution in [0, 0.1) is 5.21 Å². The van der Waals surface area contributed by atoms with Crippen molar-refractivity contribution >= 4 is 0 Å². The summed E-state index contributed by atoms with van der Waals surface area (Å²) in [5, 5.41) is 17.8. The van der Waals surface area contributed by atoms with Crippen molar-refractivity contribution in [2.24, 2.45) is 0 Å². The van der Waals surface area contributed by atoms with Gasteiger partial charge < -0.3 is 5.21 Å². The Hall–Kier alpha value is -0.380. The first-order valence-electron chi connectivity index (χ1n) is 3.02. The number of nitrogens with one attached hydrogen (secondary N) is 1. The summed E-state index contributed by atoms with van der Waals surface area (Å²) in [4.78, 5) is 0. The van der Waals surface area contributed by atoms with E-state index in [-0.39, 0.29) is 6.04 Å². The second-order valence-corrected chi connectivity index (χ2v) is 2.04. The van der Waals surface area contributed by atoms with Gasteiger partial charge in [0, 0.05) is 6.42 Å². The van der Waals surface area contributed by atoms with E-state index in [0.717, 1.165) is 0 Å². The van der Waals surface area contributed by atoms with Gasteiger partial charge in [-0.2, -0.15) is 0 Å². The number of rotatable bonds is 3. The average Bonchev–Trinajstić information content (AvgIpc) is 1.82. The quantitative estimate of drug-likeness (QED) is 0.422. The molecule has 0 amide bonds. The summed E-state index contributed by atoms with van der Waals surface area (Å²) < 4.78 is 0. The van der Waals surface area contributed by atoms with Gasteiger partial charge in [-0.1, -0.05) is 12.2 Å². The molecule has 0 spiro atoms. The second kappa shape index (κ2) is 4.49.